The number of benzene rings is 1. The van der Waals surface area contributed by atoms with Crippen LogP contribution in [0.15, 0.2) is 48.7 Å². The molecule has 2 aromatic rings. The summed E-state index contributed by atoms with van der Waals surface area (Å²) >= 11 is 0. The molecule has 22 heavy (non-hydrogen) atoms. The largest absolute Gasteiger partial charge is 0.339 e. The Morgan fingerprint density at radius 1 is 1.14 bits per heavy atom. The van der Waals surface area contributed by atoms with Crippen LogP contribution < -0.4 is 0 Å². The predicted octanol–water partition coefficient (Wildman–Crippen LogP) is 3.52. The molecule has 1 aliphatic heterocycles. The van der Waals surface area contributed by atoms with Crippen LogP contribution >= 0.6 is 0 Å². The van der Waals surface area contributed by atoms with Gasteiger partial charge in [0.15, 0.2) is 0 Å². The molecule has 0 bridgehead atoms. The molecular formula is C18H17FN2O. The van der Waals surface area contributed by atoms with Gasteiger partial charge in [0.05, 0.1) is 5.69 Å². The Morgan fingerprint density at radius 2 is 1.91 bits per heavy atom. The second kappa shape index (κ2) is 6.52. The lowest BCUT2D eigenvalue weighted by atomic mass is 10.1. The lowest BCUT2D eigenvalue weighted by Gasteiger charge is -2.11. The summed E-state index contributed by atoms with van der Waals surface area (Å²) in [5, 5.41) is 0. The number of pyridine rings is 1. The van der Waals surface area contributed by atoms with Gasteiger partial charge in [-0.15, -0.1) is 0 Å². The minimum Gasteiger partial charge on any atom is -0.339 e. The maximum absolute atomic E-state index is 13.7. The second-order valence-electron chi connectivity index (χ2n) is 5.32. The molecule has 0 unspecified atom stereocenters. The predicted molar refractivity (Wildman–Crippen MR) is 84.5 cm³/mol. The van der Waals surface area contributed by atoms with E-state index >= 15 is 0 Å². The van der Waals surface area contributed by atoms with Crippen LogP contribution in [0.3, 0.4) is 0 Å². The molecule has 2 heterocycles. The number of amides is 1. The Kier molecular flexibility index (Phi) is 4.28. The molecule has 0 aliphatic carbocycles. The number of carbonyl (C=O) groups is 1. The molecule has 0 atom stereocenters. The number of rotatable bonds is 3. The van der Waals surface area contributed by atoms with Crippen LogP contribution in [0.25, 0.3) is 17.3 Å². The molecule has 1 aromatic heterocycles. The number of likely N-dealkylation sites (tertiary alicyclic amines) is 1. The summed E-state index contributed by atoms with van der Waals surface area (Å²) in [4.78, 5) is 18.0. The quantitative estimate of drug-likeness (QED) is 0.812. The Hall–Kier alpha value is -2.49. The van der Waals surface area contributed by atoms with Crippen LogP contribution in [0.1, 0.15) is 18.4 Å². The number of nitrogens with zero attached hydrogens (tertiary/aromatic N) is 2. The fourth-order valence-electron chi connectivity index (χ4n) is 2.54. The average molecular weight is 296 g/mol. The van der Waals surface area contributed by atoms with Gasteiger partial charge in [-0.25, -0.2) is 4.39 Å². The molecular weight excluding hydrogens is 279 g/mol. The average Bonchev–Trinajstić information content (AvgIpc) is 3.08. The Balaban J connectivity index is 1.72. The Bertz CT molecular complexity index is 688. The highest BCUT2D eigenvalue weighted by atomic mass is 19.1. The van der Waals surface area contributed by atoms with Crippen LogP contribution in [0, 0.1) is 5.82 Å². The first-order valence-corrected chi connectivity index (χ1v) is 7.42. The normalized spacial score (nSPS) is 14.7. The van der Waals surface area contributed by atoms with Gasteiger partial charge in [-0.2, -0.15) is 0 Å². The number of halogens is 1. The van der Waals surface area contributed by atoms with Crippen molar-refractivity contribution in [2.45, 2.75) is 12.8 Å². The number of aromatic nitrogens is 1. The van der Waals surface area contributed by atoms with E-state index in [1.54, 1.807) is 42.6 Å². The maximum Gasteiger partial charge on any atom is 0.246 e. The van der Waals surface area contributed by atoms with Gasteiger partial charge < -0.3 is 4.90 Å². The summed E-state index contributed by atoms with van der Waals surface area (Å²) in [5.41, 5.74) is 1.89. The molecule has 1 aromatic carbocycles. The number of hydrogen-bond donors (Lipinski definition) is 0. The smallest absolute Gasteiger partial charge is 0.246 e. The molecule has 1 fully saturated rings. The first-order valence-electron chi connectivity index (χ1n) is 7.42. The first-order chi connectivity index (χ1) is 10.7. The third kappa shape index (κ3) is 3.22. The van der Waals surface area contributed by atoms with Gasteiger partial charge in [-0.05, 0) is 42.7 Å². The molecule has 0 saturated carbocycles. The lowest BCUT2D eigenvalue weighted by molar-refractivity contribution is -0.124. The summed E-state index contributed by atoms with van der Waals surface area (Å²) in [6, 6.07) is 10.1. The summed E-state index contributed by atoms with van der Waals surface area (Å²) in [7, 11) is 0. The van der Waals surface area contributed by atoms with Crippen molar-refractivity contribution in [2.75, 3.05) is 13.1 Å². The lowest BCUT2D eigenvalue weighted by Crippen LogP contribution is -2.25. The van der Waals surface area contributed by atoms with E-state index in [-0.39, 0.29) is 11.7 Å². The molecule has 0 N–H and O–H groups in total. The highest BCUT2D eigenvalue weighted by Gasteiger charge is 2.15. The van der Waals surface area contributed by atoms with Crippen LogP contribution in [-0.2, 0) is 4.79 Å². The van der Waals surface area contributed by atoms with Gasteiger partial charge in [0.1, 0.15) is 5.82 Å². The summed E-state index contributed by atoms with van der Waals surface area (Å²) in [6.07, 6.45) is 7.14. The van der Waals surface area contributed by atoms with Crippen molar-refractivity contribution in [3.8, 4) is 11.3 Å². The van der Waals surface area contributed by atoms with Crippen molar-refractivity contribution < 1.29 is 9.18 Å². The van der Waals surface area contributed by atoms with E-state index in [9.17, 15) is 9.18 Å². The highest BCUT2D eigenvalue weighted by molar-refractivity contribution is 5.91. The fraction of sp³-hybridized carbons (Fsp3) is 0.222. The van der Waals surface area contributed by atoms with Crippen LogP contribution in [-0.4, -0.2) is 28.9 Å². The van der Waals surface area contributed by atoms with Crippen molar-refractivity contribution in [1.82, 2.24) is 9.88 Å². The molecule has 1 amide bonds. The van der Waals surface area contributed by atoms with Gasteiger partial charge in [-0.1, -0.05) is 18.2 Å². The van der Waals surface area contributed by atoms with Crippen molar-refractivity contribution in [3.63, 3.8) is 0 Å². The highest BCUT2D eigenvalue weighted by Crippen LogP contribution is 2.20. The SMILES string of the molecule is O=C(C=Cc1ccc(-c2ccccc2F)nc1)N1CCCC1. The molecule has 3 nitrogen and oxygen atoms in total. The van der Waals surface area contributed by atoms with Crippen molar-refractivity contribution in [2.24, 2.45) is 0 Å². The third-order valence-corrected chi connectivity index (χ3v) is 3.77. The van der Waals surface area contributed by atoms with Crippen molar-refractivity contribution in [3.05, 3.63) is 60.1 Å². The van der Waals surface area contributed by atoms with Gasteiger partial charge in [0.25, 0.3) is 0 Å². The maximum atomic E-state index is 13.7. The first kappa shape index (κ1) is 14.4. The minimum absolute atomic E-state index is 0.0377. The van der Waals surface area contributed by atoms with E-state index in [2.05, 4.69) is 4.98 Å². The monoisotopic (exact) mass is 296 g/mol. The zero-order valence-electron chi connectivity index (χ0n) is 12.2. The molecule has 0 spiro atoms. The van der Waals surface area contributed by atoms with E-state index in [1.165, 1.54) is 6.07 Å². The van der Waals surface area contributed by atoms with E-state index in [0.717, 1.165) is 31.5 Å². The van der Waals surface area contributed by atoms with E-state index in [1.807, 2.05) is 11.0 Å². The molecule has 1 saturated heterocycles. The van der Waals surface area contributed by atoms with Crippen LogP contribution in [0.5, 0.6) is 0 Å². The molecule has 112 valence electrons. The fourth-order valence-corrected chi connectivity index (χ4v) is 2.54. The van der Waals surface area contributed by atoms with E-state index < -0.39 is 0 Å². The van der Waals surface area contributed by atoms with Gasteiger partial charge >= 0.3 is 0 Å². The van der Waals surface area contributed by atoms with Gasteiger partial charge in [0, 0.05) is 30.9 Å². The summed E-state index contributed by atoms with van der Waals surface area (Å²) in [6.45, 7) is 1.68. The van der Waals surface area contributed by atoms with E-state index in [0.29, 0.717) is 11.3 Å². The van der Waals surface area contributed by atoms with Gasteiger partial charge in [-0.3, -0.25) is 9.78 Å². The Labute approximate surface area is 129 Å². The van der Waals surface area contributed by atoms with Crippen LogP contribution in [0.4, 0.5) is 4.39 Å². The standard InChI is InChI=1S/C18H17FN2O/c19-16-6-2-1-5-15(16)17-9-7-14(13-20-17)8-10-18(22)21-11-3-4-12-21/h1-2,5-10,13H,3-4,11-12H2. The second-order valence-corrected chi connectivity index (χ2v) is 5.32. The third-order valence-electron chi connectivity index (χ3n) is 3.77. The Morgan fingerprint density at radius 3 is 2.59 bits per heavy atom. The molecule has 0 radical (unpaired) electrons. The van der Waals surface area contributed by atoms with Crippen LogP contribution in [0.2, 0.25) is 0 Å². The van der Waals surface area contributed by atoms with Crippen molar-refractivity contribution in [1.29, 1.82) is 0 Å². The number of hydrogen-bond acceptors (Lipinski definition) is 2. The zero-order chi connectivity index (χ0) is 15.4. The summed E-state index contributed by atoms with van der Waals surface area (Å²) in [5.74, 6) is -0.252. The van der Waals surface area contributed by atoms with Gasteiger partial charge in [0.2, 0.25) is 5.91 Å². The minimum atomic E-state index is -0.289. The molecule has 3 rings (SSSR count). The zero-order valence-corrected chi connectivity index (χ0v) is 12.2. The van der Waals surface area contributed by atoms with Crippen molar-refractivity contribution >= 4 is 12.0 Å². The topological polar surface area (TPSA) is 33.2 Å². The molecule has 1 aliphatic rings. The molecule has 4 heteroatoms. The van der Waals surface area contributed by atoms with E-state index in [4.69, 9.17) is 0 Å². The summed E-state index contributed by atoms with van der Waals surface area (Å²) < 4.78 is 13.7. The number of carbonyl (C=O) groups excluding carboxylic acids is 1.